The topological polar surface area (TPSA) is 32.3 Å². The van der Waals surface area contributed by atoms with E-state index in [0.29, 0.717) is 0 Å². The zero-order chi connectivity index (χ0) is 10.3. The summed E-state index contributed by atoms with van der Waals surface area (Å²) in [5, 5.41) is 2.66. The van der Waals surface area contributed by atoms with Crippen LogP contribution in [0.3, 0.4) is 0 Å². The quantitative estimate of drug-likeness (QED) is 0.673. The summed E-state index contributed by atoms with van der Waals surface area (Å²) in [5.41, 5.74) is 0. The van der Waals surface area contributed by atoms with Crippen LogP contribution in [-0.4, -0.2) is 38.0 Å². The highest BCUT2D eigenvalue weighted by atomic mass is 16.1. The van der Waals surface area contributed by atoms with E-state index < -0.39 is 0 Å². The number of carbonyl (C=O) groups excluding carboxylic acids is 1. The van der Waals surface area contributed by atoms with Gasteiger partial charge in [0.1, 0.15) is 0 Å². The van der Waals surface area contributed by atoms with Crippen LogP contribution in [-0.2, 0) is 4.79 Å². The van der Waals surface area contributed by atoms with Gasteiger partial charge in [-0.05, 0) is 20.0 Å². The van der Waals surface area contributed by atoms with Gasteiger partial charge in [-0.15, -0.1) is 0 Å². The molecular weight excluding hydrogens is 164 g/mol. The van der Waals surface area contributed by atoms with Crippen molar-refractivity contribution in [2.75, 3.05) is 27.2 Å². The van der Waals surface area contributed by atoms with Crippen molar-refractivity contribution < 1.29 is 6.22 Å². The molecule has 0 aromatic heterocycles. The fraction of sp³-hybridized carbons (Fsp3) is 0.900. The highest BCUT2D eigenvalue weighted by Gasteiger charge is 2.24. The number of amides is 1. The first kappa shape index (κ1) is 12.4. The Labute approximate surface area is 83.0 Å². The van der Waals surface area contributed by atoms with Crippen molar-refractivity contribution in [1.82, 2.24) is 10.2 Å². The summed E-state index contributed by atoms with van der Waals surface area (Å²) in [6.07, 6.45) is 2.26. The highest BCUT2D eigenvalue weighted by molar-refractivity contribution is 5.78. The second-order valence-electron chi connectivity index (χ2n) is 3.57. The summed E-state index contributed by atoms with van der Waals surface area (Å²) < 4.78 is 0. The summed E-state index contributed by atoms with van der Waals surface area (Å²) in [7, 11) is 3.74. The minimum Gasteiger partial charge on any atom is -0.359 e. The Morgan fingerprint density at radius 3 is 2.46 bits per heavy atom. The van der Waals surface area contributed by atoms with E-state index in [4.69, 9.17) is 0 Å². The summed E-state index contributed by atoms with van der Waals surface area (Å²) in [5.74, 6) is 0.416. The molecule has 1 aliphatic heterocycles. The molecule has 1 atom stereocenters. The number of nitrogens with one attached hydrogen (secondary N) is 1. The van der Waals surface area contributed by atoms with E-state index in [1.807, 2.05) is 7.05 Å². The number of hydrogen-bond donors (Lipinski definition) is 1. The van der Waals surface area contributed by atoms with E-state index in [9.17, 15) is 4.79 Å². The van der Waals surface area contributed by atoms with Crippen LogP contribution in [0.25, 0.3) is 0 Å². The average Bonchev–Trinajstić information content (AvgIpc) is 2.52. The van der Waals surface area contributed by atoms with Crippen LogP contribution in [0.15, 0.2) is 0 Å². The maximum atomic E-state index is 11.0. The van der Waals surface area contributed by atoms with Crippen LogP contribution in [0, 0.1) is 5.92 Å². The van der Waals surface area contributed by atoms with Crippen LogP contribution < -0.4 is 5.32 Å². The van der Waals surface area contributed by atoms with E-state index in [1.165, 1.54) is 6.42 Å². The Bertz CT molecular complexity index is 153. The molecule has 1 unspecified atom stereocenters. The monoisotopic (exact) mass is 188 g/mol. The molecule has 0 aliphatic carbocycles. The largest absolute Gasteiger partial charge is 0.359 e. The molecule has 1 N–H and O–H groups in total. The standard InChI is InChI=1S/C7H14N2O.C3H8.H2/c1-8-7(10)6-3-4-9(2)5-6;1-3-2;/h6H,3-5H2,1-2H3,(H,8,10);3H2,1-2H3;1H. The smallest absolute Gasteiger partial charge is 0.224 e. The van der Waals surface area contributed by atoms with Gasteiger partial charge in [-0.2, -0.15) is 0 Å². The number of carbonyl (C=O) groups is 1. The molecule has 0 spiro atoms. The van der Waals surface area contributed by atoms with E-state index in [-0.39, 0.29) is 13.3 Å². The second kappa shape index (κ2) is 6.89. The third-order valence-electron chi connectivity index (χ3n) is 2.01. The fourth-order valence-electron chi connectivity index (χ4n) is 1.35. The summed E-state index contributed by atoms with van der Waals surface area (Å²) in [6, 6.07) is 0. The highest BCUT2D eigenvalue weighted by Crippen LogP contribution is 2.13. The third-order valence-corrected chi connectivity index (χ3v) is 2.01. The zero-order valence-electron chi connectivity index (χ0n) is 9.26. The predicted molar refractivity (Wildman–Crippen MR) is 57.7 cm³/mol. The van der Waals surface area contributed by atoms with Gasteiger partial charge in [0.2, 0.25) is 5.91 Å². The Kier molecular flexibility index (Phi) is 6.59. The maximum absolute atomic E-state index is 11.0. The molecule has 3 heteroatoms. The average molecular weight is 188 g/mol. The Balaban J connectivity index is 0. The Morgan fingerprint density at radius 2 is 2.15 bits per heavy atom. The molecule has 1 heterocycles. The lowest BCUT2D eigenvalue weighted by Crippen LogP contribution is -2.29. The van der Waals surface area contributed by atoms with Crippen molar-refractivity contribution in [3.8, 4) is 0 Å². The minimum atomic E-state index is 0. The van der Waals surface area contributed by atoms with Crippen molar-refractivity contribution in [3.63, 3.8) is 0 Å². The molecule has 13 heavy (non-hydrogen) atoms. The molecule has 1 fully saturated rings. The van der Waals surface area contributed by atoms with Crippen molar-refractivity contribution in [3.05, 3.63) is 0 Å². The molecular formula is C10H24N2O. The van der Waals surface area contributed by atoms with Gasteiger partial charge in [0.05, 0.1) is 5.92 Å². The first-order chi connectivity index (χ1) is 6.15. The van der Waals surface area contributed by atoms with Gasteiger partial charge in [-0.3, -0.25) is 4.79 Å². The van der Waals surface area contributed by atoms with Crippen LogP contribution in [0.1, 0.15) is 28.1 Å². The molecule has 0 aromatic carbocycles. The second-order valence-corrected chi connectivity index (χ2v) is 3.57. The van der Waals surface area contributed by atoms with Gasteiger partial charge in [-0.25, -0.2) is 0 Å². The van der Waals surface area contributed by atoms with Gasteiger partial charge < -0.3 is 10.2 Å². The number of likely N-dealkylation sites (tertiary alicyclic amines) is 1. The SMILES string of the molecule is CCC.CNC(=O)C1CCN(C)C1.[HH]. The van der Waals surface area contributed by atoms with E-state index in [1.54, 1.807) is 7.05 Å². The van der Waals surface area contributed by atoms with Gasteiger partial charge in [-0.1, -0.05) is 20.3 Å². The van der Waals surface area contributed by atoms with Gasteiger partial charge in [0, 0.05) is 15.0 Å². The van der Waals surface area contributed by atoms with Crippen molar-refractivity contribution in [2.24, 2.45) is 5.92 Å². The summed E-state index contributed by atoms with van der Waals surface area (Å²) in [6.45, 7) is 6.22. The van der Waals surface area contributed by atoms with Gasteiger partial charge in [0.25, 0.3) is 0 Å². The van der Waals surface area contributed by atoms with Crippen molar-refractivity contribution >= 4 is 5.91 Å². The lowest BCUT2D eigenvalue weighted by molar-refractivity contribution is -0.124. The number of rotatable bonds is 1. The van der Waals surface area contributed by atoms with Gasteiger partial charge in [0.15, 0.2) is 0 Å². The summed E-state index contributed by atoms with van der Waals surface area (Å²) >= 11 is 0. The normalized spacial score (nSPS) is 22.0. The molecule has 1 saturated heterocycles. The zero-order valence-corrected chi connectivity index (χ0v) is 9.26. The maximum Gasteiger partial charge on any atom is 0.224 e. The summed E-state index contributed by atoms with van der Waals surface area (Å²) in [4.78, 5) is 13.2. The molecule has 1 amide bonds. The molecule has 0 bridgehead atoms. The predicted octanol–water partition coefficient (Wildman–Crippen LogP) is 1.35. The molecule has 1 aliphatic rings. The van der Waals surface area contributed by atoms with E-state index in [2.05, 4.69) is 24.1 Å². The van der Waals surface area contributed by atoms with Crippen LogP contribution in [0.2, 0.25) is 0 Å². The minimum absolute atomic E-state index is 0. The molecule has 0 aromatic rings. The Morgan fingerprint density at radius 1 is 1.62 bits per heavy atom. The van der Waals surface area contributed by atoms with Crippen LogP contribution in [0.4, 0.5) is 0 Å². The first-order valence-electron chi connectivity index (χ1n) is 5.05. The lowest BCUT2D eigenvalue weighted by atomic mass is 10.1. The number of hydrogen-bond acceptors (Lipinski definition) is 2. The van der Waals surface area contributed by atoms with Crippen molar-refractivity contribution in [2.45, 2.75) is 26.7 Å². The number of nitrogens with zero attached hydrogens (tertiary/aromatic N) is 1. The fourth-order valence-corrected chi connectivity index (χ4v) is 1.35. The Hall–Kier alpha value is -0.570. The van der Waals surface area contributed by atoms with Gasteiger partial charge >= 0.3 is 0 Å². The van der Waals surface area contributed by atoms with Crippen LogP contribution in [0.5, 0.6) is 0 Å². The molecule has 0 radical (unpaired) electrons. The molecule has 0 saturated carbocycles. The van der Waals surface area contributed by atoms with Crippen LogP contribution >= 0.6 is 0 Å². The molecule has 3 nitrogen and oxygen atoms in total. The molecule has 80 valence electrons. The third kappa shape index (κ3) is 4.88. The lowest BCUT2D eigenvalue weighted by Gasteiger charge is -2.07. The van der Waals surface area contributed by atoms with Crippen molar-refractivity contribution in [1.29, 1.82) is 0 Å². The first-order valence-corrected chi connectivity index (χ1v) is 5.05. The van der Waals surface area contributed by atoms with E-state index in [0.717, 1.165) is 19.5 Å². The van der Waals surface area contributed by atoms with E-state index >= 15 is 0 Å². The molecule has 1 rings (SSSR count).